The summed E-state index contributed by atoms with van der Waals surface area (Å²) in [6.07, 6.45) is 0. The van der Waals surface area contributed by atoms with Crippen molar-refractivity contribution >= 4 is 11.3 Å². The van der Waals surface area contributed by atoms with Gasteiger partial charge in [-0.3, -0.25) is 4.21 Å². The van der Waals surface area contributed by atoms with Crippen LogP contribution in [0.5, 0.6) is 0 Å². The van der Waals surface area contributed by atoms with Crippen molar-refractivity contribution in [1.29, 1.82) is 0 Å². The summed E-state index contributed by atoms with van der Waals surface area (Å²) < 4.78 is 30.9. The first-order chi connectivity index (χ1) is 11.1. The van der Waals surface area contributed by atoms with Crippen LogP contribution in [0, 0.1) is 0 Å². The highest BCUT2D eigenvalue weighted by Gasteiger charge is 2.25. The topological polar surface area (TPSA) is 76.7 Å². The second-order valence-corrected chi connectivity index (χ2v) is 7.60. The molecule has 1 aromatic rings. The zero-order valence-electron chi connectivity index (χ0n) is 15.0. The van der Waals surface area contributed by atoms with E-state index in [0.29, 0.717) is 12.4 Å². The normalized spacial score (nSPS) is 15.6. The van der Waals surface area contributed by atoms with E-state index in [4.69, 9.17) is 4.74 Å². The van der Waals surface area contributed by atoms with Crippen molar-refractivity contribution in [3.05, 3.63) is 48.4 Å². The highest BCUT2D eigenvalue weighted by Crippen LogP contribution is 2.20. The molecule has 0 aliphatic carbocycles. The fraction of sp³-hybridized carbons (Fsp3) is 0.529. The number of nitrogens with one attached hydrogen (secondary N) is 2. The number of rotatable bonds is 9. The fourth-order valence-electron chi connectivity index (χ4n) is 2.38. The van der Waals surface area contributed by atoms with Gasteiger partial charge in [-0.05, 0) is 47.0 Å². The van der Waals surface area contributed by atoms with Crippen molar-refractivity contribution in [2.75, 3.05) is 20.6 Å². The van der Waals surface area contributed by atoms with Gasteiger partial charge < -0.3 is 19.5 Å². The average Bonchev–Trinajstić information content (AvgIpc) is 2.42. The van der Waals surface area contributed by atoms with Crippen LogP contribution in [0.2, 0.25) is 0 Å². The third-order valence-corrected chi connectivity index (χ3v) is 3.57. The van der Waals surface area contributed by atoms with Crippen LogP contribution in [0.3, 0.4) is 0 Å². The molecular formula is C17H28N3O3S-. The standard InChI is InChI=1S/C17H29N3O3S/c1-13(23-17(2,3)4)18-15(12-20(5)6)16(19-24(21)22)14-10-8-7-9-11-14/h7-11,15-16,18-19H,1,12H2,2-6H3,(H,21,22)/p-1/t15-,16+/m1/s1. The minimum absolute atomic E-state index is 0.254. The number of hydrogen-bond donors (Lipinski definition) is 2. The van der Waals surface area contributed by atoms with Crippen LogP contribution in [0.4, 0.5) is 0 Å². The van der Waals surface area contributed by atoms with Gasteiger partial charge >= 0.3 is 0 Å². The Labute approximate surface area is 147 Å². The van der Waals surface area contributed by atoms with Gasteiger partial charge in [0.25, 0.3) is 0 Å². The van der Waals surface area contributed by atoms with Gasteiger partial charge in [0.05, 0.1) is 12.1 Å². The maximum Gasteiger partial charge on any atom is 0.180 e. The van der Waals surface area contributed by atoms with Crippen LogP contribution in [0.1, 0.15) is 32.4 Å². The smallest absolute Gasteiger partial charge is 0.180 e. The van der Waals surface area contributed by atoms with E-state index in [1.807, 2.05) is 70.1 Å². The van der Waals surface area contributed by atoms with E-state index >= 15 is 0 Å². The highest BCUT2D eigenvalue weighted by atomic mass is 32.2. The number of ether oxygens (including phenoxy) is 1. The molecule has 7 heteroatoms. The molecule has 24 heavy (non-hydrogen) atoms. The molecule has 0 spiro atoms. The Morgan fingerprint density at radius 3 is 2.38 bits per heavy atom. The Bertz CT molecular complexity index is 544. The molecule has 1 aromatic carbocycles. The molecule has 0 bridgehead atoms. The van der Waals surface area contributed by atoms with E-state index in [1.165, 1.54) is 0 Å². The molecule has 0 amide bonds. The van der Waals surface area contributed by atoms with Crippen molar-refractivity contribution < 1.29 is 13.5 Å². The molecule has 1 unspecified atom stereocenters. The zero-order chi connectivity index (χ0) is 18.3. The molecule has 0 aliphatic heterocycles. The third-order valence-electron chi connectivity index (χ3n) is 3.12. The Hall–Kier alpha value is -1.41. The molecule has 136 valence electrons. The molecular weight excluding hydrogens is 326 g/mol. The van der Waals surface area contributed by atoms with Crippen LogP contribution in [-0.2, 0) is 16.0 Å². The molecule has 0 heterocycles. The first kappa shape index (κ1) is 20.6. The summed E-state index contributed by atoms with van der Waals surface area (Å²) in [6.45, 7) is 10.3. The summed E-state index contributed by atoms with van der Waals surface area (Å²) in [5.74, 6) is 0.411. The lowest BCUT2D eigenvalue weighted by molar-refractivity contribution is 0.0360. The quantitative estimate of drug-likeness (QED) is 0.523. The third kappa shape index (κ3) is 7.92. The Morgan fingerprint density at radius 1 is 1.33 bits per heavy atom. The summed E-state index contributed by atoms with van der Waals surface area (Å²) in [4.78, 5) is 1.98. The number of nitrogens with zero attached hydrogens (tertiary/aromatic N) is 1. The lowest BCUT2D eigenvalue weighted by atomic mass is 10.00. The first-order valence-electron chi connectivity index (χ1n) is 7.78. The Morgan fingerprint density at radius 2 is 1.92 bits per heavy atom. The van der Waals surface area contributed by atoms with E-state index in [0.717, 1.165) is 5.56 Å². The largest absolute Gasteiger partial charge is 0.760 e. The number of benzene rings is 1. The molecule has 0 aromatic heterocycles. The summed E-state index contributed by atoms with van der Waals surface area (Å²) in [5, 5.41) is 3.21. The molecule has 0 radical (unpaired) electrons. The van der Waals surface area contributed by atoms with E-state index in [9.17, 15) is 8.76 Å². The van der Waals surface area contributed by atoms with Crippen molar-refractivity contribution in [2.24, 2.45) is 0 Å². The number of hydrogen-bond acceptors (Lipinski definition) is 5. The lowest BCUT2D eigenvalue weighted by Gasteiger charge is -2.34. The van der Waals surface area contributed by atoms with Crippen molar-refractivity contribution in [3.63, 3.8) is 0 Å². The molecule has 3 atom stereocenters. The molecule has 6 nitrogen and oxygen atoms in total. The van der Waals surface area contributed by atoms with Crippen molar-refractivity contribution in [2.45, 2.75) is 38.5 Å². The minimum Gasteiger partial charge on any atom is -0.760 e. The summed E-state index contributed by atoms with van der Waals surface area (Å²) in [5.41, 5.74) is 0.480. The van der Waals surface area contributed by atoms with E-state index in [2.05, 4.69) is 16.6 Å². The zero-order valence-corrected chi connectivity index (χ0v) is 15.9. The first-order valence-corrected chi connectivity index (χ1v) is 8.85. The Balaban J connectivity index is 3.03. The predicted molar refractivity (Wildman–Crippen MR) is 96.7 cm³/mol. The second-order valence-electron chi connectivity index (χ2n) is 6.89. The Kier molecular flexibility index (Phi) is 7.89. The van der Waals surface area contributed by atoms with Gasteiger partial charge in [0, 0.05) is 17.8 Å². The highest BCUT2D eigenvalue weighted by molar-refractivity contribution is 7.77. The van der Waals surface area contributed by atoms with Crippen LogP contribution in [-0.4, -0.2) is 45.9 Å². The molecule has 0 fully saturated rings. The van der Waals surface area contributed by atoms with Crippen LogP contribution < -0.4 is 10.0 Å². The molecule has 0 saturated heterocycles. The minimum atomic E-state index is -2.39. The van der Waals surface area contributed by atoms with E-state index in [-0.39, 0.29) is 11.6 Å². The fourth-order valence-corrected chi connectivity index (χ4v) is 2.89. The van der Waals surface area contributed by atoms with Gasteiger partial charge in [-0.25, -0.2) is 4.72 Å². The maximum atomic E-state index is 11.3. The predicted octanol–water partition coefficient (Wildman–Crippen LogP) is 1.92. The van der Waals surface area contributed by atoms with Crippen LogP contribution in [0.15, 0.2) is 42.8 Å². The van der Waals surface area contributed by atoms with E-state index in [1.54, 1.807) is 0 Å². The summed E-state index contributed by atoms with van der Waals surface area (Å²) in [6, 6.07) is 8.73. The van der Waals surface area contributed by atoms with Crippen molar-refractivity contribution in [1.82, 2.24) is 14.9 Å². The van der Waals surface area contributed by atoms with Gasteiger partial charge in [-0.2, -0.15) is 0 Å². The van der Waals surface area contributed by atoms with Gasteiger partial charge in [-0.15, -0.1) is 0 Å². The second kappa shape index (κ2) is 9.17. The van der Waals surface area contributed by atoms with Gasteiger partial charge in [0.2, 0.25) is 0 Å². The summed E-state index contributed by atoms with van der Waals surface area (Å²) in [7, 11) is 3.86. The lowest BCUT2D eigenvalue weighted by Crippen LogP contribution is -2.48. The van der Waals surface area contributed by atoms with Crippen LogP contribution >= 0.6 is 0 Å². The number of likely N-dealkylation sites (N-methyl/N-ethyl adjacent to an activating group) is 1. The molecule has 2 N–H and O–H groups in total. The van der Waals surface area contributed by atoms with Gasteiger partial charge in [0.15, 0.2) is 5.88 Å². The van der Waals surface area contributed by atoms with Gasteiger partial charge in [-0.1, -0.05) is 30.3 Å². The SMILES string of the molecule is C=C(N[C@H](CN(C)C)[C@@H](NS(=O)[O-])c1ccccc1)OC(C)(C)C. The van der Waals surface area contributed by atoms with Gasteiger partial charge in [0.1, 0.15) is 5.60 Å². The van der Waals surface area contributed by atoms with Crippen LogP contribution in [0.25, 0.3) is 0 Å². The monoisotopic (exact) mass is 354 g/mol. The molecule has 0 saturated carbocycles. The van der Waals surface area contributed by atoms with Crippen molar-refractivity contribution in [3.8, 4) is 0 Å². The summed E-state index contributed by atoms with van der Waals surface area (Å²) >= 11 is -2.39. The average molecular weight is 354 g/mol. The van der Waals surface area contributed by atoms with E-state index < -0.39 is 17.3 Å². The molecule has 1 rings (SSSR count). The molecule has 0 aliphatic rings. The maximum absolute atomic E-state index is 11.3.